The van der Waals surface area contributed by atoms with Crippen LogP contribution in [0.4, 0.5) is 4.79 Å². The quantitative estimate of drug-likeness (QED) is 0.512. The van der Waals surface area contributed by atoms with E-state index in [0.717, 1.165) is 6.42 Å². The van der Waals surface area contributed by atoms with Crippen molar-refractivity contribution in [2.45, 2.75) is 52.2 Å². The summed E-state index contributed by atoms with van der Waals surface area (Å²) in [6.07, 6.45) is 4.13. The number of rotatable bonds is 6. The fourth-order valence-electron chi connectivity index (χ4n) is 4.45. The van der Waals surface area contributed by atoms with Crippen molar-refractivity contribution in [1.82, 2.24) is 25.2 Å². The van der Waals surface area contributed by atoms with Crippen molar-refractivity contribution in [1.29, 1.82) is 0 Å². The van der Waals surface area contributed by atoms with Gasteiger partial charge in [-0.25, -0.2) is 14.8 Å². The Bertz CT molecular complexity index is 1330. The first-order valence-electron chi connectivity index (χ1n) is 12.4. The predicted molar refractivity (Wildman–Crippen MR) is 135 cm³/mol. The topological polar surface area (TPSA) is 128 Å². The third-order valence-corrected chi connectivity index (χ3v) is 6.08. The summed E-state index contributed by atoms with van der Waals surface area (Å²) in [5.41, 5.74) is 2.07. The number of hydrogen-bond acceptors (Lipinski definition) is 8. The van der Waals surface area contributed by atoms with Crippen LogP contribution in [-0.4, -0.2) is 70.0 Å². The van der Waals surface area contributed by atoms with E-state index in [1.807, 2.05) is 39.8 Å². The van der Waals surface area contributed by atoms with Crippen molar-refractivity contribution < 1.29 is 28.5 Å². The molecule has 0 saturated carbocycles. The highest BCUT2D eigenvalue weighted by Crippen LogP contribution is 2.47. The van der Waals surface area contributed by atoms with E-state index in [1.165, 1.54) is 6.33 Å². The van der Waals surface area contributed by atoms with Crippen LogP contribution in [0.5, 0.6) is 17.2 Å². The Hall–Kier alpha value is -4.02. The Morgan fingerprint density at radius 1 is 1.24 bits per heavy atom. The van der Waals surface area contributed by atoms with Gasteiger partial charge in [0.15, 0.2) is 11.5 Å². The predicted octanol–water partition coefficient (Wildman–Crippen LogP) is 3.88. The second-order valence-electron chi connectivity index (χ2n) is 10.1. The number of benzene rings is 1. The van der Waals surface area contributed by atoms with Gasteiger partial charge in [0, 0.05) is 25.3 Å². The highest BCUT2D eigenvalue weighted by atomic mass is 16.7. The maximum atomic E-state index is 13.2. The molecule has 2 aromatic heterocycles. The van der Waals surface area contributed by atoms with Crippen molar-refractivity contribution in [3.8, 4) is 28.5 Å². The summed E-state index contributed by atoms with van der Waals surface area (Å²) in [4.78, 5) is 39.3. The molecule has 5 rings (SSSR count). The molecule has 0 spiro atoms. The number of nitrogens with zero attached hydrogens (tertiary/aromatic N) is 3. The van der Waals surface area contributed by atoms with Crippen LogP contribution < -0.4 is 19.5 Å². The normalized spacial score (nSPS) is 16.8. The molecule has 2 N–H and O–H groups in total. The smallest absolute Gasteiger partial charge is 0.410 e. The second kappa shape index (κ2) is 9.79. The van der Waals surface area contributed by atoms with Gasteiger partial charge in [-0.2, -0.15) is 0 Å². The van der Waals surface area contributed by atoms with Crippen LogP contribution in [-0.2, 0) is 4.74 Å². The molecule has 11 heteroatoms. The van der Waals surface area contributed by atoms with Gasteiger partial charge in [0.25, 0.3) is 5.91 Å². The number of hydrogen-bond donors (Lipinski definition) is 2. The summed E-state index contributed by atoms with van der Waals surface area (Å²) in [6, 6.07) is 3.45. The van der Waals surface area contributed by atoms with Crippen LogP contribution in [0.25, 0.3) is 22.3 Å². The SMILES string of the molecule is CCCOc1ccc2c(c1-c1ncnc3c(C(=O)NC4CCN(C(=O)OC(C)(C)C)C4)c[nH]c13)OCO2. The lowest BCUT2D eigenvalue weighted by Gasteiger charge is -2.24. The minimum Gasteiger partial charge on any atom is -0.493 e. The van der Waals surface area contributed by atoms with Crippen molar-refractivity contribution in [3.63, 3.8) is 0 Å². The summed E-state index contributed by atoms with van der Waals surface area (Å²) >= 11 is 0. The van der Waals surface area contributed by atoms with Crippen molar-refractivity contribution >= 4 is 23.0 Å². The van der Waals surface area contributed by atoms with Gasteiger partial charge in [0.05, 0.1) is 23.3 Å². The Kier molecular flexibility index (Phi) is 6.53. The number of carbonyl (C=O) groups is 2. The van der Waals surface area contributed by atoms with Crippen molar-refractivity contribution in [2.24, 2.45) is 0 Å². The lowest BCUT2D eigenvalue weighted by molar-refractivity contribution is 0.0290. The highest BCUT2D eigenvalue weighted by Gasteiger charge is 2.32. The Balaban J connectivity index is 1.39. The van der Waals surface area contributed by atoms with E-state index in [9.17, 15) is 9.59 Å². The van der Waals surface area contributed by atoms with Crippen LogP contribution in [0, 0.1) is 0 Å². The van der Waals surface area contributed by atoms with E-state index in [4.69, 9.17) is 18.9 Å². The van der Waals surface area contributed by atoms with E-state index < -0.39 is 5.60 Å². The molecule has 37 heavy (non-hydrogen) atoms. The zero-order valence-electron chi connectivity index (χ0n) is 21.4. The summed E-state index contributed by atoms with van der Waals surface area (Å²) < 4.78 is 22.8. The average molecular weight is 510 g/mol. The summed E-state index contributed by atoms with van der Waals surface area (Å²) in [6.45, 7) is 9.05. The van der Waals surface area contributed by atoms with Gasteiger partial charge in [0.2, 0.25) is 6.79 Å². The van der Waals surface area contributed by atoms with Crippen LogP contribution >= 0.6 is 0 Å². The number of aromatic nitrogens is 3. The minimum atomic E-state index is -0.572. The molecule has 0 radical (unpaired) electrons. The van der Waals surface area contributed by atoms with E-state index in [0.29, 0.717) is 71.2 Å². The molecule has 1 saturated heterocycles. The maximum Gasteiger partial charge on any atom is 0.410 e. The fraction of sp³-hybridized carbons (Fsp3) is 0.462. The van der Waals surface area contributed by atoms with Crippen LogP contribution in [0.15, 0.2) is 24.7 Å². The van der Waals surface area contributed by atoms with Crippen LogP contribution in [0.3, 0.4) is 0 Å². The molecule has 11 nitrogen and oxygen atoms in total. The first kappa shape index (κ1) is 24.7. The standard InChI is InChI=1S/C26H31N5O6/c1-5-10-34-17-6-7-18-23(36-14-35-18)19(17)21-22-20(28-13-29-21)16(11-27-22)24(32)30-15-8-9-31(12-15)25(33)37-26(2,3)4/h6-7,11,13,15,27H,5,8-10,12,14H2,1-4H3,(H,30,32). The first-order valence-corrected chi connectivity index (χ1v) is 12.4. The second-order valence-corrected chi connectivity index (χ2v) is 10.1. The minimum absolute atomic E-state index is 0.105. The lowest BCUT2D eigenvalue weighted by Crippen LogP contribution is -2.40. The molecule has 4 heterocycles. The number of amides is 2. The third kappa shape index (κ3) is 4.98. The number of H-pyrrole nitrogens is 1. The number of ether oxygens (including phenoxy) is 4. The molecule has 2 amide bonds. The molecule has 2 aliphatic rings. The van der Waals surface area contributed by atoms with Gasteiger partial charge in [-0.05, 0) is 45.7 Å². The monoisotopic (exact) mass is 509 g/mol. The van der Waals surface area contributed by atoms with Crippen molar-refractivity contribution in [3.05, 3.63) is 30.2 Å². The number of likely N-dealkylation sites (tertiary alicyclic amines) is 1. The molecule has 0 bridgehead atoms. The van der Waals surface area contributed by atoms with Gasteiger partial charge >= 0.3 is 6.09 Å². The van der Waals surface area contributed by atoms with Crippen LogP contribution in [0.2, 0.25) is 0 Å². The largest absolute Gasteiger partial charge is 0.493 e. The Morgan fingerprint density at radius 3 is 2.86 bits per heavy atom. The van der Waals surface area contributed by atoms with E-state index in [2.05, 4.69) is 20.3 Å². The molecule has 2 aliphatic heterocycles. The molecule has 1 atom stereocenters. The molecule has 0 aliphatic carbocycles. The first-order chi connectivity index (χ1) is 17.7. The fourth-order valence-corrected chi connectivity index (χ4v) is 4.45. The van der Waals surface area contributed by atoms with Gasteiger partial charge in [0.1, 0.15) is 28.9 Å². The number of aromatic amines is 1. The Morgan fingerprint density at radius 2 is 2.08 bits per heavy atom. The van der Waals surface area contributed by atoms with E-state index >= 15 is 0 Å². The van der Waals surface area contributed by atoms with E-state index in [-0.39, 0.29) is 24.8 Å². The molecule has 3 aromatic rings. The van der Waals surface area contributed by atoms with E-state index in [1.54, 1.807) is 11.1 Å². The molecular weight excluding hydrogens is 478 g/mol. The number of nitrogens with one attached hydrogen (secondary N) is 2. The summed E-state index contributed by atoms with van der Waals surface area (Å²) in [5, 5.41) is 3.02. The zero-order chi connectivity index (χ0) is 26.2. The van der Waals surface area contributed by atoms with Gasteiger partial charge in [-0.1, -0.05) is 6.92 Å². The maximum absolute atomic E-state index is 13.2. The van der Waals surface area contributed by atoms with Gasteiger partial charge in [-0.3, -0.25) is 4.79 Å². The summed E-state index contributed by atoms with van der Waals surface area (Å²) in [7, 11) is 0. The molecule has 1 aromatic carbocycles. The number of fused-ring (bicyclic) bond motifs is 2. The third-order valence-electron chi connectivity index (χ3n) is 6.08. The van der Waals surface area contributed by atoms with Gasteiger partial charge < -0.3 is 34.1 Å². The molecule has 1 unspecified atom stereocenters. The Labute approximate surface area is 214 Å². The molecular formula is C26H31N5O6. The van der Waals surface area contributed by atoms with Crippen LogP contribution in [0.1, 0.15) is 50.9 Å². The lowest BCUT2D eigenvalue weighted by atomic mass is 10.1. The highest BCUT2D eigenvalue weighted by molar-refractivity contribution is 6.08. The summed E-state index contributed by atoms with van der Waals surface area (Å²) in [5.74, 6) is 1.47. The molecule has 1 fully saturated rings. The zero-order valence-corrected chi connectivity index (χ0v) is 21.4. The average Bonchev–Trinajstić information content (AvgIpc) is 3.60. The number of carbonyl (C=O) groups excluding carboxylic acids is 2. The van der Waals surface area contributed by atoms with Crippen molar-refractivity contribution in [2.75, 3.05) is 26.5 Å². The van der Waals surface area contributed by atoms with Gasteiger partial charge in [-0.15, -0.1) is 0 Å². The molecule has 196 valence electrons.